The minimum Gasteiger partial charge on any atom is -0.256 e. The number of hydrogen-bond acceptors (Lipinski definition) is 1. The van der Waals surface area contributed by atoms with Crippen LogP contribution in [0.1, 0.15) is 38.2 Å². The van der Waals surface area contributed by atoms with E-state index >= 15 is 0 Å². The highest BCUT2D eigenvalue weighted by Crippen LogP contribution is 2.36. The molecule has 0 bridgehead atoms. The largest absolute Gasteiger partial charge is 0.256 e. The van der Waals surface area contributed by atoms with Crippen molar-refractivity contribution >= 4 is 32.3 Å². The van der Waals surface area contributed by atoms with Crippen LogP contribution < -0.4 is 0 Å². The van der Waals surface area contributed by atoms with Crippen LogP contribution in [0, 0.1) is 0 Å². The summed E-state index contributed by atoms with van der Waals surface area (Å²) in [6.07, 6.45) is 8.35. The lowest BCUT2D eigenvalue weighted by Crippen LogP contribution is -1.90. The normalized spacial score (nSPS) is 11.5. The Kier molecular flexibility index (Phi) is 5.19. The summed E-state index contributed by atoms with van der Waals surface area (Å²) in [6, 6.07) is 28.7. The number of pyridine rings is 1. The summed E-state index contributed by atoms with van der Waals surface area (Å²) in [5, 5.41) is 7.86. The molecule has 4 aromatic carbocycles. The number of nitrogens with zero attached hydrogens (tertiary/aromatic N) is 1. The van der Waals surface area contributed by atoms with Crippen LogP contribution >= 0.6 is 0 Å². The van der Waals surface area contributed by atoms with Crippen LogP contribution in [0.3, 0.4) is 0 Å². The summed E-state index contributed by atoms with van der Waals surface area (Å²) >= 11 is 0. The van der Waals surface area contributed by atoms with Crippen molar-refractivity contribution in [1.29, 1.82) is 0 Å². The average Bonchev–Trinajstić information content (AvgIpc) is 2.82. The molecule has 0 spiro atoms. The summed E-state index contributed by atoms with van der Waals surface area (Å²) in [5.74, 6) is 0. The average molecular weight is 390 g/mol. The molecule has 1 heteroatoms. The minimum atomic E-state index is 1.05. The van der Waals surface area contributed by atoms with Gasteiger partial charge >= 0.3 is 0 Å². The van der Waals surface area contributed by atoms with Crippen LogP contribution in [0.5, 0.6) is 0 Å². The van der Waals surface area contributed by atoms with Gasteiger partial charge in [0.1, 0.15) is 0 Å². The van der Waals surface area contributed by atoms with Gasteiger partial charge < -0.3 is 0 Å². The van der Waals surface area contributed by atoms with Crippen molar-refractivity contribution in [2.24, 2.45) is 0 Å². The highest BCUT2D eigenvalue weighted by Gasteiger charge is 2.09. The number of aromatic nitrogens is 1. The topological polar surface area (TPSA) is 12.9 Å². The monoisotopic (exact) mass is 389 g/mol. The summed E-state index contributed by atoms with van der Waals surface area (Å²) in [7, 11) is 0. The number of fused-ring (bicyclic) bond motifs is 6. The molecule has 0 atom stereocenters. The fourth-order valence-corrected chi connectivity index (χ4v) is 4.57. The van der Waals surface area contributed by atoms with Crippen LogP contribution in [-0.2, 0) is 6.42 Å². The van der Waals surface area contributed by atoms with Gasteiger partial charge in [-0.15, -0.1) is 0 Å². The zero-order valence-corrected chi connectivity index (χ0v) is 17.6. The predicted molar refractivity (Wildman–Crippen MR) is 130 cm³/mol. The Morgan fingerprint density at radius 1 is 0.600 bits per heavy atom. The number of hydrogen-bond donors (Lipinski definition) is 0. The fourth-order valence-electron chi connectivity index (χ4n) is 4.57. The summed E-state index contributed by atoms with van der Waals surface area (Å²) in [4.78, 5) is 4.80. The predicted octanol–water partition coefficient (Wildman–Crippen LogP) is 8.33. The van der Waals surface area contributed by atoms with Gasteiger partial charge in [-0.1, -0.05) is 92.9 Å². The van der Waals surface area contributed by atoms with Crippen molar-refractivity contribution in [2.45, 2.75) is 39.0 Å². The van der Waals surface area contributed by atoms with Gasteiger partial charge in [-0.2, -0.15) is 0 Å². The van der Waals surface area contributed by atoms with Gasteiger partial charge in [-0.25, -0.2) is 0 Å². The summed E-state index contributed by atoms with van der Waals surface area (Å²) < 4.78 is 0. The van der Waals surface area contributed by atoms with E-state index in [1.165, 1.54) is 69.1 Å². The van der Waals surface area contributed by atoms with E-state index < -0.39 is 0 Å². The first-order valence-electron chi connectivity index (χ1n) is 11.1. The lowest BCUT2D eigenvalue weighted by molar-refractivity contribution is 0.666. The highest BCUT2D eigenvalue weighted by molar-refractivity contribution is 6.25. The Hall–Kier alpha value is -3.19. The molecule has 5 rings (SSSR count). The van der Waals surface area contributed by atoms with E-state index in [1.807, 2.05) is 0 Å². The Labute approximate surface area is 178 Å². The van der Waals surface area contributed by atoms with Gasteiger partial charge in [0.25, 0.3) is 0 Å². The van der Waals surface area contributed by atoms with Crippen LogP contribution in [0.2, 0.25) is 0 Å². The van der Waals surface area contributed by atoms with Gasteiger partial charge in [-0.05, 0) is 62.9 Å². The lowest BCUT2D eigenvalue weighted by atomic mass is 9.93. The minimum absolute atomic E-state index is 1.05. The standard InChI is InChI=1S/C29H27N/c1-2-3-4-5-10-21-15-18-29(30-20-21)22-16-17-27-25-13-7-6-11-23(25)24-12-8-9-14-26(24)28(27)19-22/h6-9,11-20H,2-5,10H2,1H3. The number of aryl methyl sites for hydroxylation is 1. The number of rotatable bonds is 6. The fraction of sp³-hybridized carbons (Fsp3) is 0.207. The summed E-state index contributed by atoms with van der Waals surface area (Å²) in [6.45, 7) is 2.26. The van der Waals surface area contributed by atoms with Crippen molar-refractivity contribution < 1.29 is 0 Å². The third-order valence-electron chi connectivity index (χ3n) is 6.18. The molecule has 1 heterocycles. The van der Waals surface area contributed by atoms with Gasteiger partial charge in [0.2, 0.25) is 0 Å². The molecule has 0 amide bonds. The van der Waals surface area contributed by atoms with Crippen LogP contribution in [-0.4, -0.2) is 4.98 Å². The second kappa shape index (κ2) is 8.28. The Balaban J connectivity index is 1.57. The first kappa shape index (κ1) is 18.8. The highest BCUT2D eigenvalue weighted by atomic mass is 14.7. The molecular weight excluding hydrogens is 362 g/mol. The first-order valence-corrected chi connectivity index (χ1v) is 11.1. The number of unbranched alkanes of at least 4 members (excludes halogenated alkanes) is 3. The van der Waals surface area contributed by atoms with E-state index in [2.05, 4.69) is 92.0 Å². The molecule has 0 aliphatic heterocycles. The molecule has 1 aromatic heterocycles. The van der Waals surface area contributed by atoms with Crippen LogP contribution in [0.4, 0.5) is 0 Å². The van der Waals surface area contributed by atoms with E-state index in [-0.39, 0.29) is 0 Å². The van der Waals surface area contributed by atoms with Crippen molar-refractivity contribution in [3.8, 4) is 11.3 Å². The van der Waals surface area contributed by atoms with Gasteiger partial charge in [0.15, 0.2) is 0 Å². The second-order valence-corrected chi connectivity index (χ2v) is 8.21. The second-order valence-electron chi connectivity index (χ2n) is 8.21. The van der Waals surface area contributed by atoms with Crippen molar-refractivity contribution in [2.75, 3.05) is 0 Å². The molecule has 0 unspecified atom stereocenters. The molecule has 1 nitrogen and oxygen atoms in total. The quantitative estimate of drug-likeness (QED) is 0.210. The van der Waals surface area contributed by atoms with E-state index in [4.69, 9.17) is 4.98 Å². The van der Waals surface area contributed by atoms with Crippen LogP contribution in [0.25, 0.3) is 43.6 Å². The zero-order chi connectivity index (χ0) is 20.3. The first-order chi connectivity index (χ1) is 14.8. The molecule has 148 valence electrons. The van der Waals surface area contributed by atoms with Crippen molar-refractivity contribution in [3.05, 3.63) is 90.6 Å². The smallest absolute Gasteiger partial charge is 0.0702 e. The SMILES string of the molecule is CCCCCCc1ccc(-c2ccc3c4ccccc4c4ccccc4c3c2)nc1. The molecule has 0 aliphatic carbocycles. The zero-order valence-electron chi connectivity index (χ0n) is 17.6. The molecule has 0 aliphatic rings. The lowest BCUT2D eigenvalue weighted by Gasteiger charge is -2.12. The maximum atomic E-state index is 4.80. The molecule has 30 heavy (non-hydrogen) atoms. The van der Waals surface area contributed by atoms with Crippen LogP contribution in [0.15, 0.2) is 85.1 Å². The van der Waals surface area contributed by atoms with E-state index in [9.17, 15) is 0 Å². The van der Waals surface area contributed by atoms with Gasteiger partial charge in [0.05, 0.1) is 5.69 Å². The Morgan fingerprint density at radius 2 is 1.23 bits per heavy atom. The van der Waals surface area contributed by atoms with Gasteiger partial charge in [0, 0.05) is 11.8 Å². The van der Waals surface area contributed by atoms with E-state index in [0.717, 1.165) is 12.1 Å². The molecule has 0 saturated heterocycles. The molecule has 0 fully saturated rings. The molecule has 0 N–H and O–H groups in total. The Morgan fingerprint density at radius 3 is 1.83 bits per heavy atom. The van der Waals surface area contributed by atoms with E-state index in [1.54, 1.807) is 0 Å². The molecular formula is C29H27N. The maximum absolute atomic E-state index is 4.80. The van der Waals surface area contributed by atoms with Crippen molar-refractivity contribution in [3.63, 3.8) is 0 Å². The molecule has 0 radical (unpaired) electrons. The third kappa shape index (κ3) is 3.45. The van der Waals surface area contributed by atoms with E-state index in [0.29, 0.717) is 0 Å². The maximum Gasteiger partial charge on any atom is 0.0702 e. The van der Waals surface area contributed by atoms with Gasteiger partial charge in [-0.3, -0.25) is 4.98 Å². The number of benzene rings is 4. The third-order valence-corrected chi connectivity index (χ3v) is 6.18. The molecule has 0 saturated carbocycles. The molecule has 5 aromatic rings. The van der Waals surface area contributed by atoms with Crippen molar-refractivity contribution in [1.82, 2.24) is 4.98 Å². The summed E-state index contributed by atoms with van der Waals surface area (Å²) in [5.41, 5.74) is 3.57. The Bertz CT molecular complexity index is 1280.